The van der Waals surface area contributed by atoms with Crippen LogP contribution in [0, 0.1) is 5.92 Å². The van der Waals surface area contributed by atoms with E-state index >= 15 is 0 Å². The van der Waals surface area contributed by atoms with Crippen LogP contribution in [0.15, 0.2) is 11.6 Å². The highest BCUT2D eigenvalue weighted by atomic mass is 16.5. The summed E-state index contributed by atoms with van der Waals surface area (Å²) in [6.07, 6.45) is 12.0. The van der Waals surface area contributed by atoms with Crippen molar-refractivity contribution in [2.45, 2.75) is 57.0 Å². The van der Waals surface area contributed by atoms with Crippen LogP contribution in [0.2, 0.25) is 0 Å². The first-order chi connectivity index (χ1) is 7.77. The van der Waals surface area contributed by atoms with Crippen LogP contribution in [0.5, 0.6) is 0 Å². The van der Waals surface area contributed by atoms with Gasteiger partial charge in [0.1, 0.15) is 5.60 Å². The molecule has 0 aromatic carbocycles. The summed E-state index contributed by atoms with van der Waals surface area (Å²) in [6, 6.07) is 0. The van der Waals surface area contributed by atoms with Crippen molar-refractivity contribution in [1.29, 1.82) is 0 Å². The van der Waals surface area contributed by atoms with Crippen LogP contribution in [0.4, 0.5) is 0 Å². The van der Waals surface area contributed by atoms with Crippen molar-refractivity contribution in [3.63, 3.8) is 0 Å². The van der Waals surface area contributed by atoms with Gasteiger partial charge in [-0.2, -0.15) is 0 Å². The fourth-order valence-corrected chi connectivity index (χ4v) is 2.84. The Morgan fingerprint density at radius 2 is 2.06 bits per heavy atom. The number of allylic oxidation sites excluding steroid dienone is 1. The summed E-state index contributed by atoms with van der Waals surface area (Å²) in [4.78, 5) is 0. The minimum atomic E-state index is -0.647. The van der Waals surface area contributed by atoms with Gasteiger partial charge in [0.25, 0.3) is 0 Å². The maximum absolute atomic E-state index is 10.8. The van der Waals surface area contributed by atoms with Crippen molar-refractivity contribution in [3.8, 4) is 0 Å². The number of hydrogen-bond acceptors (Lipinski definition) is 2. The summed E-state index contributed by atoms with van der Waals surface area (Å²) < 4.78 is 5.24. The zero-order chi connectivity index (χ0) is 11.4. The second kappa shape index (κ2) is 5.33. The van der Waals surface area contributed by atoms with Crippen LogP contribution in [0.1, 0.15) is 51.4 Å². The second-order valence-corrected chi connectivity index (χ2v) is 5.31. The molecular weight excluding hydrogens is 200 g/mol. The molecule has 0 radical (unpaired) electrons. The summed E-state index contributed by atoms with van der Waals surface area (Å²) in [5.41, 5.74) is 0.614. The van der Waals surface area contributed by atoms with Crippen LogP contribution in [-0.4, -0.2) is 24.4 Å². The summed E-state index contributed by atoms with van der Waals surface area (Å²) in [5.74, 6) is 0.457. The van der Waals surface area contributed by atoms with E-state index in [1.165, 1.54) is 31.3 Å². The largest absolute Gasteiger partial charge is 0.383 e. The van der Waals surface area contributed by atoms with Gasteiger partial charge in [0.05, 0.1) is 6.61 Å². The number of methoxy groups -OCH3 is 1. The van der Waals surface area contributed by atoms with Gasteiger partial charge in [-0.15, -0.1) is 0 Å². The second-order valence-electron chi connectivity index (χ2n) is 5.31. The van der Waals surface area contributed by atoms with Crippen LogP contribution in [0.25, 0.3) is 0 Å². The fourth-order valence-electron chi connectivity index (χ4n) is 2.84. The van der Waals surface area contributed by atoms with Crippen LogP contribution in [0.3, 0.4) is 0 Å². The Morgan fingerprint density at radius 1 is 1.31 bits per heavy atom. The first-order valence-corrected chi connectivity index (χ1v) is 6.68. The lowest BCUT2D eigenvalue weighted by atomic mass is 9.83. The molecule has 92 valence electrons. The van der Waals surface area contributed by atoms with E-state index in [9.17, 15) is 5.11 Å². The zero-order valence-electron chi connectivity index (χ0n) is 10.4. The lowest BCUT2D eigenvalue weighted by molar-refractivity contribution is -0.0219. The molecule has 1 unspecified atom stereocenters. The minimum absolute atomic E-state index is 0.457. The number of ether oxygens (including phenoxy) is 1. The van der Waals surface area contributed by atoms with Crippen LogP contribution >= 0.6 is 0 Å². The van der Waals surface area contributed by atoms with Crippen LogP contribution < -0.4 is 0 Å². The van der Waals surface area contributed by atoms with Crippen molar-refractivity contribution in [2.24, 2.45) is 5.92 Å². The van der Waals surface area contributed by atoms with Gasteiger partial charge in [0.15, 0.2) is 0 Å². The van der Waals surface area contributed by atoms with Gasteiger partial charge in [-0.05, 0) is 50.0 Å². The van der Waals surface area contributed by atoms with E-state index in [4.69, 9.17) is 4.74 Å². The van der Waals surface area contributed by atoms with E-state index < -0.39 is 5.60 Å². The molecule has 2 aliphatic carbocycles. The molecule has 2 rings (SSSR count). The van der Waals surface area contributed by atoms with Crippen LogP contribution in [-0.2, 0) is 4.74 Å². The van der Waals surface area contributed by atoms with Gasteiger partial charge in [0, 0.05) is 7.11 Å². The quantitative estimate of drug-likeness (QED) is 0.744. The Kier molecular flexibility index (Phi) is 4.04. The Bertz CT molecular complexity index is 255. The molecule has 16 heavy (non-hydrogen) atoms. The fraction of sp³-hybridized carbons (Fsp3) is 0.857. The molecule has 0 aromatic rings. The normalized spacial score (nSPS) is 26.5. The molecular formula is C14H24O2. The highest BCUT2D eigenvalue weighted by Crippen LogP contribution is 2.45. The molecule has 0 saturated heterocycles. The summed E-state index contributed by atoms with van der Waals surface area (Å²) >= 11 is 0. The van der Waals surface area contributed by atoms with E-state index in [-0.39, 0.29) is 0 Å². The molecule has 0 amide bonds. The average molecular weight is 224 g/mol. The lowest BCUT2D eigenvalue weighted by Gasteiger charge is -2.31. The lowest BCUT2D eigenvalue weighted by Crippen LogP contribution is -2.39. The van der Waals surface area contributed by atoms with E-state index in [0.717, 1.165) is 25.7 Å². The van der Waals surface area contributed by atoms with Crippen molar-refractivity contribution in [1.82, 2.24) is 0 Å². The molecule has 0 spiro atoms. The summed E-state index contributed by atoms with van der Waals surface area (Å²) in [7, 11) is 1.69. The van der Waals surface area contributed by atoms with E-state index in [1.54, 1.807) is 7.11 Å². The van der Waals surface area contributed by atoms with E-state index in [0.29, 0.717) is 12.5 Å². The number of aliphatic hydroxyl groups is 1. The molecule has 0 aromatic heterocycles. The van der Waals surface area contributed by atoms with E-state index in [1.807, 2.05) is 0 Å². The topological polar surface area (TPSA) is 29.5 Å². The summed E-state index contributed by atoms with van der Waals surface area (Å²) in [6.45, 7) is 0.476. The SMILES string of the molecule is COCC(O)(C1=CCCCCCC1)C1CC1. The third-order valence-corrected chi connectivity index (χ3v) is 3.96. The van der Waals surface area contributed by atoms with Gasteiger partial charge in [-0.1, -0.05) is 18.9 Å². The molecule has 1 atom stereocenters. The maximum atomic E-state index is 10.8. The van der Waals surface area contributed by atoms with Crippen molar-refractivity contribution in [3.05, 3.63) is 11.6 Å². The molecule has 2 heteroatoms. The van der Waals surface area contributed by atoms with Gasteiger partial charge in [-0.3, -0.25) is 0 Å². The predicted molar refractivity (Wildman–Crippen MR) is 65.3 cm³/mol. The predicted octanol–water partition coefficient (Wildman–Crippen LogP) is 3.05. The molecule has 0 bridgehead atoms. The first-order valence-electron chi connectivity index (χ1n) is 6.68. The Hall–Kier alpha value is -0.340. The molecule has 0 heterocycles. The van der Waals surface area contributed by atoms with Gasteiger partial charge in [-0.25, -0.2) is 0 Å². The van der Waals surface area contributed by atoms with E-state index in [2.05, 4.69) is 6.08 Å². The first kappa shape index (κ1) is 12.1. The standard InChI is InChI=1S/C14H24O2/c1-16-11-14(15,13-9-10-13)12-7-5-3-2-4-6-8-12/h7,13,15H,2-6,8-11H2,1H3. The highest BCUT2D eigenvalue weighted by molar-refractivity contribution is 5.22. The van der Waals surface area contributed by atoms with Crippen molar-refractivity contribution < 1.29 is 9.84 Å². The molecule has 0 aliphatic heterocycles. The van der Waals surface area contributed by atoms with Crippen molar-refractivity contribution >= 4 is 0 Å². The highest BCUT2D eigenvalue weighted by Gasteiger charge is 2.46. The van der Waals surface area contributed by atoms with Crippen molar-refractivity contribution in [2.75, 3.05) is 13.7 Å². The molecule has 1 fully saturated rings. The maximum Gasteiger partial charge on any atom is 0.112 e. The molecule has 2 nitrogen and oxygen atoms in total. The average Bonchev–Trinajstić information content (AvgIpc) is 2.99. The molecule has 1 saturated carbocycles. The Morgan fingerprint density at radius 3 is 2.75 bits per heavy atom. The zero-order valence-corrected chi connectivity index (χ0v) is 10.4. The third kappa shape index (κ3) is 2.67. The molecule has 2 aliphatic rings. The van der Waals surface area contributed by atoms with Gasteiger partial charge >= 0.3 is 0 Å². The number of rotatable bonds is 4. The van der Waals surface area contributed by atoms with Gasteiger partial charge in [0.2, 0.25) is 0 Å². The number of hydrogen-bond donors (Lipinski definition) is 1. The third-order valence-electron chi connectivity index (χ3n) is 3.96. The Labute approximate surface area is 98.7 Å². The minimum Gasteiger partial charge on any atom is -0.383 e. The molecule has 1 N–H and O–H groups in total. The Balaban J connectivity index is 2.10. The smallest absolute Gasteiger partial charge is 0.112 e. The summed E-state index contributed by atoms with van der Waals surface area (Å²) in [5, 5.41) is 10.8. The van der Waals surface area contributed by atoms with Gasteiger partial charge < -0.3 is 9.84 Å². The monoisotopic (exact) mass is 224 g/mol.